The molecule has 10 heteroatoms. The highest BCUT2D eigenvalue weighted by Crippen LogP contribution is 2.22. The third kappa shape index (κ3) is 11.6. The zero-order chi connectivity index (χ0) is 31.7. The lowest BCUT2D eigenvalue weighted by atomic mass is 10.0. The Morgan fingerprint density at radius 3 is 2.45 bits per heavy atom. The van der Waals surface area contributed by atoms with Crippen molar-refractivity contribution in [2.75, 3.05) is 32.7 Å². The summed E-state index contributed by atoms with van der Waals surface area (Å²) in [4.78, 5) is 25.5. The number of hydrogen-bond acceptors (Lipinski definition) is 7. The molecule has 0 bridgehead atoms. The molecule has 1 aliphatic heterocycles. The molecule has 2 aromatic carbocycles. The molecule has 2 unspecified atom stereocenters. The van der Waals surface area contributed by atoms with Crippen LogP contribution in [-0.2, 0) is 20.7 Å². The molecule has 1 aliphatic rings. The number of benzene rings is 2. The van der Waals surface area contributed by atoms with Crippen molar-refractivity contribution in [1.29, 1.82) is 0 Å². The molecule has 0 aromatic heterocycles. The van der Waals surface area contributed by atoms with Crippen molar-refractivity contribution in [2.24, 2.45) is 0 Å². The second-order valence-corrected chi connectivity index (χ2v) is 11.0. The smallest absolute Gasteiger partial charge is 0.308 e. The van der Waals surface area contributed by atoms with E-state index in [-0.39, 0.29) is 44.0 Å². The van der Waals surface area contributed by atoms with E-state index < -0.39 is 6.04 Å². The molecule has 1 saturated heterocycles. The van der Waals surface area contributed by atoms with Gasteiger partial charge in [-0.1, -0.05) is 81.6 Å². The lowest BCUT2D eigenvalue weighted by molar-refractivity contribution is -0.121. The number of amides is 2. The number of aryl methyl sites for hydroxylation is 1. The predicted molar refractivity (Wildman–Crippen MR) is 178 cm³/mol. The second-order valence-electron chi connectivity index (χ2n) is 11.0. The fourth-order valence-electron chi connectivity index (χ4n) is 4.82. The van der Waals surface area contributed by atoms with Crippen LogP contribution in [0.4, 0.5) is 0 Å². The first kappa shape index (κ1) is 34.5. The van der Waals surface area contributed by atoms with Gasteiger partial charge in [-0.2, -0.15) is 0 Å². The molecule has 1 heterocycles. The fourth-order valence-corrected chi connectivity index (χ4v) is 4.82. The van der Waals surface area contributed by atoms with Crippen LogP contribution >= 0.6 is 0 Å². The first-order valence-corrected chi connectivity index (χ1v) is 15.4. The van der Waals surface area contributed by atoms with Crippen molar-refractivity contribution in [1.82, 2.24) is 26.6 Å². The van der Waals surface area contributed by atoms with Crippen molar-refractivity contribution in [3.63, 3.8) is 0 Å². The van der Waals surface area contributed by atoms with Crippen LogP contribution in [0, 0.1) is 0 Å². The largest absolute Gasteiger partial charge is 0.452 e. The van der Waals surface area contributed by atoms with Crippen molar-refractivity contribution >= 4 is 25.0 Å². The average molecular weight is 601 g/mol. The van der Waals surface area contributed by atoms with Crippen LogP contribution in [0.2, 0.25) is 0 Å². The lowest BCUT2D eigenvalue weighted by Gasteiger charge is -2.23. The number of carbonyl (C=O) groups excluding carboxylic acids is 2. The topological polar surface area (TPSA) is 124 Å². The van der Waals surface area contributed by atoms with E-state index in [0.29, 0.717) is 30.1 Å². The van der Waals surface area contributed by atoms with Gasteiger partial charge in [0.05, 0.1) is 31.8 Å². The fraction of sp³-hybridized carbons (Fsp3) is 0.412. The van der Waals surface area contributed by atoms with Gasteiger partial charge in [0.15, 0.2) is 0 Å². The van der Waals surface area contributed by atoms with E-state index in [1.54, 1.807) is 0 Å². The SMILES string of the molecule is C=C(NCC(=O)NC1COCCCCC(C(=C)NC[B]O)NC(=O)CNC1=C)c1ccc(-c2ccc(CCCC)cc2)cc1. The highest BCUT2D eigenvalue weighted by molar-refractivity contribution is 6.25. The van der Waals surface area contributed by atoms with Crippen LogP contribution in [-0.4, -0.2) is 69.2 Å². The molecule has 9 nitrogen and oxygen atoms in total. The average Bonchev–Trinajstić information content (AvgIpc) is 3.05. The first-order valence-electron chi connectivity index (χ1n) is 15.4. The molecule has 0 spiro atoms. The molecule has 1 radical (unpaired) electrons. The van der Waals surface area contributed by atoms with Crippen LogP contribution in [0.15, 0.2) is 79.7 Å². The highest BCUT2D eigenvalue weighted by atomic mass is 16.5. The Morgan fingerprint density at radius 1 is 1.07 bits per heavy atom. The van der Waals surface area contributed by atoms with Gasteiger partial charge in [0.2, 0.25) is 11.8 Å². The van der Waals surface area contributed by atoms with Gasteiger partial charge in [-0.25, -0.2) is 0 Å². The summed E-state index contributed by atoms with van der Waals surface area (Å²) in [5.74, 6) is -0.482. The number of carbonyl (C=O) groups is 2. The summed E-state index contributed by atoms with van der Waals surface area (Å²) in [6.45, 7) is 15.1. The van der Waals surface area contributed by atoms with Crippen LogP contribution in [0.25, 0.3) is 16.8 Å². The Hall–Kier alpha value is -4.02. The third-order valence-electron chi connectivity index (χ3n) is 7.53. The van der Waals surface area contributed by atoms with Crippen molar-refractivity contribution in [2.45, 2.75) is 57.5 Å². The molecule has 2 aromatic rings. The molecular weight excluding hydrogens is 553 g/mol. The predicted octanol–water partition coefficient (Wildman–Crippen LogP) is 3.20. The summed E-state index contributed by atoms with van der Waals surface area (Å²) < 4.78 is 5.85. The molecule has 3 rings (SSSR count). The normalized spacial score (nSPS) is 17.9. The van der Waals surface area contributed by atoms with Gasteiger partial charge in [-0.15, -0.1) is 0 Å². The Kier molecular flexibility index (Phi) is 14.6. The molecule has 2 atom stereocenters. The first-order chi connectivity index (χ1) is 21.3. The number of ether oxygens (including phenoxy) is 1. The monoisotopic (exact) mass is 600 g/mol. The van der Waals surface area contributed by atoms with Gasteiger partial charge in [-0.3, -0.25) is 9.59 Å². The molecule has 6 N–H and O–H groups in total. The van der Waals surface area contributed by atoms with Gasteiger partial charge in [0, 0.05) is 30.1 Å². The summed E-state index contributed by atoms with van der Waals surface area (Å²) in [6.07, 6.45) is 5.99. The van der Waals surface area contributed by atoms with Gasteiger partial charge < -0.3 is 36.3 Å². The standard InChI is InChI=1S/C34H47BN5O4/c1-5-6-9-27-11-13-29(14-12-27)30-17-15-28(16-18-30)24(2)36-20-34(42)40-32-22-44-19-8-7-10-31(25(3)38-23-35-43)39-33(41)21-37-26(32)4/h11-18,31-32,36-38,43H,2-10,19-23H2,1H3,(H,39,41)(H,40,42). The number of rotatable bonds is 13. The maximum absolute atomic E-state index is 12.9. The quantitative estimate of drug-likeness (QED) is 0.195. The molecule has 0 aliphatic carbocycles. The van der Waals surface area contributed by atoms with E-state index in [2.05, 4.69) is 89.6 Å². The third-order valence-corrected chi connectivity index (χ3v) is 7.53. The molecular formula is C34H47BN5O4. The summed E-state index contributed by atoms with van der Waals surface area (Å²) >= 11 is 0. The summed E-state index contributed by atoms with van der Waals surface area (Å²) in [5, 5.41) is 24.0. The van der Waals surface area contributed by atoms with Crippen LogP contribution < -0.4 is 26.6 Å². The molecule has 235 valence electrons. The Balaban J connectivity index is 1.50. The Bertz CT molecular complexity index is 1250. The van der Waals surface area contributed by atoms with Gasteiger partial charge in [-0.05, 0) is 54.4 Å². The van der Waals surface area contributed by atoms with Crippen LogP contribution in [0.1, 0.15) is 50.2 Å². The maximum Gasteiger partial charge on any atom is 0.308 e. The molecule has 44 heavy (non-hydrogen) atoms. The number of nitrogens with one attached hydrogen (secondary N) is 5. The minimum absolute atomic E-state index is 0.0187. The summed E-state index contributed by atoms with van der Waals surface area (Å²) in [7, 11) is 0.998. The summed E-state index contributed by atoms with van der Waals surface area (Å²) in [5.41, 5.74) is 6.28. The van der Waals surface area contributed by atoms with Crippen molar-refractivity contribution in [3.8, 4) is 11.1 Å². The van der Waals surface area contributed by atoms with E-state index in [1.807, 2.05) is 12.1 Å². The number of hydrogen-bond donors (Lipinski definition) is 6. The molecule has 0 saturated carbocycles. The minimum Gasteiger partial charge on any atom is -0.452 e. The van der Waals surface area contributed by atoms with E-state index in [4.69, 9.17) is 9.76 Å². The minimum atomic E-state index is -0.522. The van der Waals surface area contributed by atoms with Gasteiger partial charge >= 0.3 is 7.48 Å². The second kappa shape index (κ2) is 18.6. The summed E-state index contributed by atoms with van der Waals surface area (Å²) in [6, 6.07) is 16.0. The van der Waals surface area contributed by atoms with Crippen LogP contribution in [0.3, 0.4) is 0 Å². The van der Waals surface area contributed by atoms with E-state index in [0.717, 1.165) is 43.4 Å². The van der Waals surface area contributed by atoms with E-state index in [9.17, 15) is 9.59 Å². The van der Waals surface area contributed by atoms with Crippen molar-refractivity contribution in [3.05, 3.63) is 90.8 Å². The van der Waals surface area contributed by atoms with E-state index >= 15 is 0 Å². The van der Waals surface area contributed by atoms with E-state index in [1.165, 1.54) is 18.4 Å². The van der Waals surface area contributed by atoms with Gasteiger partial charge in [0.25, 0.3) is 0 Å². The van der Waals surface area contributed by atoms with Gasteiger partial charge in [0.1, 0.15) is 0 Å². The Morgan fingerprint density at radius 2 is 1.77 bits per heavy atom. The maximum atomic E-state index is 12.9. The molecule has 2 amide bonds. The zero-order valence-electron chi connectivity index (χ0n) is 25.9. The number of unbranched alkanes of at least 4 members (excludes halogenated alkanes) is 1. The Labute approximate surface area is 262 Å². The lowest BCUT2D eigenvalue weighted by Crippen LogP contribution is -2.48. The van der Waals surface area contributed by atoms with Crippen molar-refractivity contribution < 1.29 is 19.3 Å². The van der Waals surface area contributed by atoms with Crippen LogP contribution in [0.5, 0.6) is 0 Å². The zero-order valence-corrected chi connectivity index (χ0v) is 25.9. The molecule has 1 fully saturated rings. The highest BCUT2D eigenvalue weighted by Gasteiger charge is 2.20.